The summed E-state index contributed by atoms with van der Waals surface area (Å²) in [5.41, 5.74) is 2.65. The number of carboxylic acids is 1. The molecule has 4 rings (SSSR count). The molecule has 18 nitrogen and oxygen atoms in total. The molecule has 0 aromatic heterocycles. The lowest BCUT2D eigenvalue weighted by Crippen LogP contribution is -2.74. The van der Waals surface area contributed by atoms with E-state index in [1.807, 2.05) is 6.92 Å². The van der Waals surface area contributed by atoms with Gasteiger partial charge in [0.15, 0.2) is 6.29 Å². The van der Waals surface area contributed by atoms with Crippen LogP contribution in [0.25, 0.3) is 0 Å². The number of rotatable bonds is 15. The quantitative estimate of drug-likeness (QED) is 0.0915. The Balaban J connectivity index is 1.69. The molecule has 1 aliphatic carbocycles. The van der Waals surface area contributed by atoms with E-state index in [9.17, 15) is 55.9 Å². The molecule has 2 aliphatic heterocycles. The van der Waals surface area contributed by atoms with Crippen LogP contribution in [0, 0.1) is 29.1 Å². The van der Waals surface area contributed by atoms with E-state index in [4.69, 9.17) is 30.4 Å². The number of aliphatic hydroxyl groups is 8. The average Bonchev–Trinajstić information content (AvgIpc) is 3.13. The maximum absolute atomic E-state index is 12.8. The molecular formula is C39H67N3O15. The van der Waals surface area contributed by atoms with Gasteiger partial charge in [-0.25, -0.2) is 4.79 Å². The number of carbonyl (C=O) groups is 1. The summed E-state index contributed by atoms with van der Waals surface area (Å²) in [7, 11) is 0. The average molecular weight is 818 g/mol. The summed E-state index contributed by atoms with van der Waals surface area (Å²) in [6.07, 6.45) is -5.05. The number of phenols is 1. The lowest BCUT2D eigenvalue weighted by molar-refractivity contribution is -0.304. The van der Waals surface area contributed by atoms with Crippen LogP contribution in [0.1, 0.15) is 76.4 Å². The van der Waals surface area contributed by atoms with Crippen LogP contribution >= 0.6 is 0 Å². The second-order valence-corrected chi connectivity index (χ2v) is 18.3. The number of carboxylic acid groups (broad SMARTS) is 1. The van der Waals surface area contributed by atoms with Crippen molar-refractivity contribution in [2.24, 2.45) is 33.6 Å². The second-order valence-electron chi connectivity index (χ2n) is 18.3. The predicted molar refractivity (Wildman–Crippen MR) is 204 cm³/mol. The Morgan fingerprint density at radius 1 is 0.877 bits per heavy atom. The molecule has 0 radical (unpaired) electrons. The molecule has 3 fully saturated rings. The van der Waals surface area contributed by atoms with E-state index in [0.29, 0.717) is 5.56 Å². The van der Waals surface area contributed by atoms with Crippen LogP contribution in [0.2, 0.25) is 0 Å². The van der Waals surface area contributed by atoms with Crippen molar-refractivity contribution in [3.63, 3.8) is 0 Å². The largest absolute Gasteiger partial charge is 0.507 e. The summed E-state index contributed by atoms with van der Waals surface area (Å²) in [6, 6.07) is -0.368. The topological polar surface area (TPSA) is 320 Å². The molecule has 15 atom stereocenters. The molecule has 12 unspecified atom stereocenters. The molecule has 57 heavy (non-hydrogen) atoms. The number of nitrogens with one attached hydrogen (secondary N) is 1. The first-order chi connectivity index (χ1) is 26.1. The molecule has 15 N–H and O–H groups in total. The summed E-state index contributed by atoms with van der Waals surface area (Å²) in [5.74, 6) is -2.43. The molecule has 2 saturated heterocycles. The van der Waals surface area contributed by atoms with Gasteiger partial charge in [0.25, 0.3) is 0 Å². The Morgan fingerprint density at radius 3 is 2.04 bits per heavy atom. The molecule has 0 spiro atoms. The van der Waals surface area contributed by atoms with Crippen LogP contribution in [0.3, 0.4) is 0 Å². The number of ether oxygens (including phenoxy) is 4. The van der Waals surface area contributed by atoms with E-state index >= 15 is 0 Å². The zero-order valence-corrected chi connectivity index (χ0v) is 34.3. The van der Waals surface area contributed by atoms with Gasteiger partial charge in [0.05, 0.1) is 69.0 Å². The SMILES string of the molecule is Cc1cc(CNC2C(C)(COCC3(C)C(CO)OC(O)C(N)[C@]3(C)O)CC(CO)C(C)(COCC3(C)OC(CO)C(O)[C@@](C)(O)C3N)[C@@]2(C)O)c(O)c(C(=O)O)c1. The Hall–Kier alpha value is -2.11. The van der Waals surface area contributed by atoms with Crippen LogP contribution in [-0.2, 0) is 25.5 Å². The lowest BCUT2D eigenvalue weighted by Gasteiger charge is -2.62. The first kappa shape index (κ1) is 47.6. The Labute approximate surface area is 333 Å². The van der Waals surface area contributed by atoms with Crippen LogP contribution in [0.15, 0.2) is 12.1 Å². The normalized spacial score (nSPS) is 45.2. The molecule has 2 heterocycles. The van der Waals surface area contributed by atoms with Crippen LogP contribution in [0.5, 0.6) is 5.75 Å². The van der Waals surface area contributed by atoms with Crippen molar-refractivity contribution < 1.29 is 74.8 Å². The standard InChI is InChI=1S/C39H67N3O15/c1-20-9-21(26(46)23(10-20)29(48)49)12-42-32-33(2,16-54-18-35(4)25(15-45)56-30(50)27(40)38(35,7)52)11-22(13-43)34(3,39(32,8)53)17-55-19-36(5)31(41)37(6,51)28(47)24(14-44)57-36/h9-10,22,24-25,27-28,30-32,42-47,50-53H,11-19,40-41H2,1-8H3,(H,48,49)/t22?,24?,25?,27?,28?,30?,31?,32?,33?,34?,35?,36?,37-,38+,39+/m1/s1. The van der Waals surface area contributed by atoms with Crippen LogP contribution < -0.4 is 16.8 Å². The summed E-state index contributed by atoms with van der Waals surface area (Å²) >= 11 is 0. The van der Waals surface area contributed by atoms with Gasteiger partial charge in [-0.05, 0) is 58.6 Å². The van der Waals surface area contributed by atoms with Crippen molar-refractivity contribution in [1.82, 2.24) is 5.32 Å². The summed E-state index contributed by atoms with van der Waals surface area (Å²) in [6.45, 7) is 10.4. The lowest BCUT2D eigenvalue weighted by atomic mass is 9.50. The number of aromatic hydroxyl groups is 1. The molecule has 1 saturated carbocycles. The third-order valence-electron chi connectivity index (χ3n) is 14.1. The monoisotopic (exact) mass is 817 g/mol. The number of aromatic carboxylic acids is 1. The minimum Gasteiger partial charge on any atom is -0.507 e. The summed E-state index contributed by atoms with van der Waals surface area (Å²) < 4.78 is 24.1. The van der Waals surface area contributed by atoms with Gasteiger partial charge in [-0.2, -0.15) is 0 Å². The highest BCUT2D eigenvalue weighted by Gasteiger charge is 2.64. The smallest absolute Gasteiger partial charge is 0.339 e. The fourth-order valence-electron chi connectivity index (χ4n) is 9.56. The predicted octanol–water partition coefficient (Wildman–Crippen LogP) is -1.95. The highest BCUT2D eigenvalue weighted by atomic mass is 16.6. The zero-order valence-electron chi connectivity index (χ0n) is 34.3. The van der Waals surface area contributed by atoms with Gasteiger partial charge in [0.1, 0.15) is 34.7 Å². The number of hydrogen-bond acceptors (Lipinski definition) is 17. The van der Waals surface area contributed by atoms with Crippen molar-refractivity contribution in [3.8, 4) is 5.75 Å². The van der Waals surface area contributed by atoms with Crippen LogP contribution in [-0.4, -0.2) is 168 Å². The fourth-order valence-corrected chi connectivity index (χ4v) is 9.56. The van der Waals surface area contributed by atoms with Gasteiger partial charge in [-0.3, -0.25) is 0 Å². The van der Waals surface area contributed by atoms with E-state index in [1.54, 1.807) is 40.7 Å². The summed E-state index contributed by atoms with van der Waals surface area (Å²) in [5, 5.41) is 111. The first-order valence-electron chi connectivity index (χ1n) is 19.3. The molecule has 3 aliphatic rings. The highest BCUT2D eigenvalue weighted by molar-refractivity contribution is 5.91. The van der Waals surface area contributed by atoms with E-state index in [0.717, 1.165) is 0 Å². The highest BCUT2D eigenvalue weighted by Crippen LogP contribution is 2.55. The Bertz CT molecular complexity index is 1580. The minimum atomic E-state index is -1.85. The fraction of sp³-hybridized carbons (Fsp3) is 0.821. The molecule has 328 valence electrons. The summed E-state index contributed by atoms with van der Waals surface area (Å²) in [4.78, 5) is 11.9. The maximum Gasteiger partial charge on any atom is 0.339 e. The van der Waals surface area contributed by atoms with Crippen molar-refractivity contribution in [2.75, 3.05) is 46.2 Å². The van der Waals surface area contributed by atoms with E-state index in [1.165, 1.54) is 19.9 Å². The van der Waals surface area contributed by atoms with Crippen molar-refractivity contribution in [3.05, 3.63) is 28.8 Å². The van der Waals surface area contributed by atoms with Gasteiger partial charge < -0.3 is 86.8 Å². The third kappa shape index (κ3) is 8.22. The Kier molecular flexibility index (Phi) is 14.0. The molecule has 0 bridgehead atoms. The molecule has 18 heteroatoms. The Morgan fingerprint density at radius 2 is 1.47 bits per heavy atom. The van der Waals surface area contributed by atoms with Crippen LogP contribution in [0.4, 0.5) is 0 Å². The van der Waals surface area contributed by atoms with Gasteiger partial charge in [0, 0.05) is 41.0 Å². The molecule has 0 amide bonds. The van der Waals surface area contributed by atoms with Crippen molar-refractivity contribution in [2.45, 2.75) is 133 Å². The minimum absolute atomic E-state index is 0.100. The first-order valence-corrected chi connectivity index (χ1v) is 19.3. The van der Waals surface area contributed by atoms with Gasteiger partial charge >= 0.3 is 5.97 Å². The molecule has 1 aromatic carbocycles. The van der Waals surface area contributed by atoms with E-state index in [-0.39, 0.29) is 50.5 Å². The third-order valence-corrected chi connectivity index (χ3v) is 14.1. The van der Waals surface area contributed by atoms with Crippen molar-refractivity contribution in [1.29, 1.82) is 0 Å². The van der Waals surface area contributed by atoms with E-state index < -0.39 is 119 Å². The van der Waals surface area contributed by atoms with Crippen molar-refractivity contribution >= 4 is 5.97 Å². The number of aryl methyl sites for hydroxylation is 1. The zero-order chi connectivity index (χ0) is 43.3. The number of aliphatic hydroxyl groups excluding tert-OH is 5. The maximum atomic E-state index is 12.8. The second kappa shape index (κ2) is 16.7. The number of benzene rings is 1. The van der Waals surface area contributed by atoms with Gasteiger partial charge in [-0.1, -0.05) is 26.8 Å². The number of nitrogens with two attached hydrogens (primary N) is 2. The van der Waals surface area contributed by atoms with Gasteiger partial charge in [0.2, 0.25) is 0 Å². The number of hydrogen-bond donors (Lipinski definition) is 13. The van der Waals surface area contributed by atoms with E-state index in [2.05, 4.69) is 5.32 Å². The molecule has 1 aromatic rings. The molecular weight excluding hydrogens is 750 g/mol. The van der Waals surface area contributed by atoms with Gasteiger partial charge in [-0.15, -0.1) is 0 Å².